The Balaban J connectivity index is 1.60. The number of aromatic nitrogens is 2. The van der Waals surface area contributed by atoms with E-state index in [1.165, 1.54) is 11.8 Å². The SMILES string of the molecule is CCN(CC)c1ccc(N2C(=O)/C(=C\c3nc4ccccc4[nH]3)SC2=S)cc1. The standard InChI is InChI=1S/C21H20N4OS2/c1-3-24(4-2)14-9-11-15(12-10-14)25-20(26)18(28-21(25)27)13-19-22-16-7-5-6-8-17(16)23-19/h5-13H,3-4H2,1-2H3,(H,22,23)/b18-13+. The molecule has 0 aliphatic carbocycles. The van der Waals surface area contributed by atoms with Gasteiger partial charge in [-0.2, -0.15) is 0 Å². The van der Waals surface area contributed by atoms with Crippen molar-refractivity contribution in [1.82, 2.24) is 9.97 Å². The second-order valence-electron chi connectivity index (χ2n) is 6.35. The van der Waals surface area contributed by atoms with E-state index >= 15 is 0 Å². The summed E-state index contributed by atoms with van der Waals surface area (Å²) < 4.78 is 0.531. The van der Waals surface area contributed by atoms with Crippen LogP contribution in [-0.2, 0) is 4.79 Å². The zero-order valence-electron chi connectivity index (χ0n) is 15.7. The van der Waals surface area contributed by atoms with Crippen LogP contribution >= 0.6 is 24.0 Å². The molecule has 3 aromatic rings. The average Bonchev–Trinajstić information content (AvgIpc) is 3.23. The van der Waals surface area contributed by atoms with Crippen LogP contribution < -0.4 is 9.80 Å². The largest absolute Gasteiger partial charge is 0.372 e. The lowest BCUT2D eigenvalue weighted by Crippen LogP contribution is -2.27. The first kappa shape index (κ1) is 18.7. The van der Waals surface area contributed by atoms with E-state index in [1.807, 2.05) is 48.5 Å². The van der Waals surface area contributed by atoms with Gasteiger partial charge in [-0.25, -0.2) is 4.98 Å². The summed E-state index contributed by atoms with van der Waals surface area (Å²) in [4.78, 5) is 25.1. The minimum atomic E-state index is -0.119. The highest BCUT2D eigenvalue weighted by atomic mass is 32.2. The van der Waals surface area contributed by atoms with Gasteiger partial charge in [0.15, 0.2) is 4.32 Å². The molecule has 1 N–H and O–H groups in total. The Bertz CT molecular complexity index is 1030. The molecule has 28 heavy (non-hydrogen) atoms. The molecule has 0 bridgehead atoms. The Morgan fingerprint density at radius 1 is 1.14 bits per heavy atom. The lowest BCUT2D eigenvalue weighted by Gasteiger charge is -2.22. The zero-order valence-corrected chi connectivity index (χ0v) is 17.3. The van der Waals surface area contributed by atoms with Crippen LogP contribution in [0.1, 0.15) is 19.7 Å². The van der Waals surface area contributed by atoms with Gasteiger partial charge in [-0.3, -0.25) is 9.69 Å². The van der Waals surface area contributed by atoms with E-state index < -0.39 is 0 Å². The highest BCUT2D eigenvalue weighted by molar-refractivity contribution is 8.27. The molecule has 1 aromatic heterocycles. The number of thiocarbonyl (C=S) groups is 1. The fraction of sp³-hybridized carbons (Fsp3) is 0.190. The normalized spacial score (nSPS) is 15.8. The van der Waals surface area contributed by atoms with Gasteiger partial charge in [0.25, 0.3) is 5.91 Å². The fourth-order valence-corrected chi connectivity index (χ4v) is 4.53. The average molecular weight is 409 g/mol. The van der Waals surface area contributed by atoms with E-state index in [4.69, 9.17) is 12.2 Å². The lowest BCUT2D eigenvalue weighted by molar-refractivity contribution is -0.113. The summed E-state index contributed by atoms with van der Waals surface area (Å²) in [5.41, 5.74) is 3.73. The number of H-pyrrole nitrogens is 1. The molecular formula is C21H20N4OS2. The maximum Gasteiger partial charge on any atom is 0.270 e. The molecule has 0 unspecified atom stereocenters. The summed E-state index contributed by atoms with van der Waals surface area (Å²) >= 11 is 6.77. The van der Waals surface area contributed by atoms with Gasteiger partial charge in [-0.05, 0) is 50.2 Å². The number of anilines is 2. The van der Waals surface area contributed by atoms with E-state index in [1.54, 1.807) is 11.0 Å². The van der Waals surface area contributed by atoms with E-state index in [0.717, 1.165) is 35.5 Å². The first-order chi connectivity index (χ1) is 13.6. The number of nitrogens with zero attached hydrogens (tertiary/aromatic N) is 3. The fourth-order valence-electron chi connectivity index (χ4n) is 3.26. The van der Waals surface area contributed by atoms with Gasteiger partial charge in [-0.15, -0.1) is 0 Å². The van der Waals surface area contributed by atoms with Crippen molar-refractivity contribution < 1.29 is 4.79 Å². The third kappa shape index (κ3) is 3.43. The molecule has 1 aliphatic heterocycles. The van der Waals surface area contributed by atoms with E-state index in [-0.39, 0.29) is 5.91 Å². The number of para-hydroxylation sites is 2. The molecule has 0 spiro atoms. The van der Waals surface area contributed by atoms with Gasteiger partial charge < -0.3 is 9.88 Å². The Morgan fingerprint density at radius 3 is 2.54 bits per heavy atom. The number of thioether (sulfide) groups is 1. The number of carbonyl (C=O) groups is 1. The summed E-state index contributed by atoms with van der Waals surface area (Å²) in [5.74, 6) is 0.532. The molecule has 0 radical (unpaired) electrons. The number of rotatable bonds is 5. The number of hydrogen-bond acceptors (Lipinski definition) is 5. The molecule has 142 valence electrons. The maximum absolute atomic E-state index is 13.0. The molecular weight excluding hydrogens is 388 g/mol. The van der Waals surface area contributed by atoms with Gasteiger partial charge in [0.2, 0.25) is 0 Å². The molecule has 2 heterocycles. The Kier molecular flexibility index (Phi) is 5.19. The zero-order chi connectivity index (χ0) is 19.7. The molecule has 5 nitrogen and oxygen atoms in total. The van der Waals surface area contributed by atoms with Crippen LogP contribution in [0.4, 0.5) is 11.4 Å². The van der Waals surface area contributed by atoms with Crippen LogP contribution in [0.5, 0.6) is 0 Å². The van der Waals surface area contributed by atoms with Crippen LogP contribution in [0.3, 0.4) is 0 Å². The molecule has 7 heteroatoms. The lowest BCUT2D eigenvalue weighted by atomic mass is 10.2. The van der Waals surface area contributed by atoms with Gasteiger partial charge in [0.1, 0.15) is 5.82 Å². The predicted octanol–water partition coefficient (Wildman–Crippen LogP) is 4.81. The number of benzene rings is 2. The first-order valence-corrected chi connectivity index (χ1v) is 10.4. The minimum absolute atomic E-state index is 0.119. The van der Waals surface area contributed by atoms with Crippen molar-refractivity contribution in [2.45, 2.75) is 13.8 Å². The van der Waals surface area contributed by atoms with Crippen molar-refractivity contribution in [3.8, 4) is 0 Å². The second kappa shape index (κ2) is 7.77. The summed E-state index contributed by atoms with van der Waals surface area (Å²) in [6.45, 7) is 6.14. The van der Waals surface area contributed by atoms with Crippen molar-refractivity contribution >= 4 is 62.7 Å². The molecule has 1 saturated heterocycles. The van der Waals surface area contributed by atoms with E-state index in [9.17, 15) is 4.79 Å². The molecule has 1 amide bonds. The van der Waals surface area contributed by atoms with Crippen molar-refractivity contribution in [1.29, 1.82) is 0 Å². The number of fused-ring (bicyclic) bond motifs is 1. The number of hydrogen-bond donors (Lipinski definition) is 1. The van der Waals surface area contributed by atoms with Gasteiger partial charge >= 0.3 is 0 Å². The van der Waals surface area contributed by atoms with Crippen LogP contribution in [0.2, 0.25) is 0 Å². The second-order valence-corrected chi connectivity index (χ2v) is 8.02. The van der Waals surface area contributed by atoms with Crippen molar-refractivity contribution in [3.63, 3.8) is 0 Å². The van der Waals surface area contributed by atoms with Gasteiger partial charge in [0.05, 0.1) is 21.6 Å². The number of imidazole rings is 1. The third-order valence-electron chi connectivity index (χ3n) is 4.71. The van der Waals surface area contributed by atoms with E-state index in [2.05, 4.69) is 28.7 Å². The number of amides is 1. The topological polar surface area (TPSA) is 52.2 Å². The molecule has 4 rings (SSSR count). The van der Waals surface area contributed by atoms with Gasteiger partial charge in [-0.1, -0.05) is 36.1 Å². The molecule has 2 aromatic carbocycles. The number of carbonyl (C=O) groups excluding carboxylic acids is 1. The summed E-state index contributed by atoms with van der Waals surface area (Å²) in [5, 5.41) is 0. The van der Waals surface area contributed by atoms with Crippen LogP contribution in [0.15, 0.2) is 53.4 Å². The highest BCUT2D eigenvalue weighted by Gasteiger charge is 2.33. The Morgan fingerprint density at radius 2 is 1.86 bits per heavy atom. The molecule has 0 saturated carbocycles. The van der Waals surface area contributed by atoms with E-state index in [0.29, 0.717) is 15.1 Å². The highest BCUT2D eigenvalue weighted by Crippen LogP contribution is 2.36. The maximum atomic E-state index is 13.0. The summed E-state index contributed by atoms with van der Waals surface area (Å²) in [7, 11) is 0. The molecule has 1 aliphatic rings. The number of nitrogens with one attached hydrogen (secondary N) is 1. The monoisotopic (exact) mass is 408 g/mol. The van der Waals surface area contributed by atoms with Crippen LogP contribution in [0, 0.1) is 0 Å². The quantitative estimate of drug-likeness (QED) is 0.485. The summed E-state index contributed by atoms with van der Waals surface area (Å²) in [6.07, 6.45) is 1.77. The third-order valence-corrected chi connectivity index (χ3v) is 6.01. The van der Waals surface area contributed by atoms with Gasteiger partial charge in [0, 0.05) is 24.9 Å². The predicted molar refractivity (Wildman–Crippen MR) is 122 cm³/mol. The number of aromatic amines is 1. The van der Waals surface area contributed by atoms with Crippen LogP contribution in [0.25, 0.3) is 17.1 Å². The molecule has 1 fully saturated rings. The first-order valence-electron chi connectivity index (χ1n) is 9.18. The van der Waals surface area contributed by atoms with Crippen molar-refractivity contribution in [2.24, 2.45) is 0 Å². The Labute approximate surface area is 173 Å². The van der Waals surface area contributed by atoms with Crippen LogP contribution in [-0.4, -0.2) is 33.3 Å². The van der Waals surface area contributed by atoms with Crippen molar-refractivity contribution in [3.05, 3.63) is 59.3 Å². The summed E-state index contributed by atoms with van der Waals surface area (Å²) in [6, 6.07) is 15.7. The van der Waals surface area contributed by atoms with Crippen molar-refractivity contribution in [2.75, 3.05) is 22.9 Å². The minimum Gasteiger partial charge on any atom is -0.372 e. The smallest absolute Gasteiger partial charge is 0.270 e. The molecule has 0 atom stereocenters. The Hall–Kier alpha value is -2.64.